The summed E-state index contributed by atoms with van der Waals surface area (Å²) in [6.07, 6.45) is 0. The Balaban J connectivity index is 1.07. The fourth-order valence-corrected chi connectivity index (χ4v) is 10.5. The Morgan fingerprint density at radius 3 is 1.24 bits per heavy atom. The number of rotatable bonds is 4. The van der Waals surface area contributed by atoms with Crippen molar-refractivity contribution in [3.8, 4) is 39.9 Å². The summed E-state index contributed by atoms with van der Waals surface area (Å²) < 4.78 is 21.6. The normalized spacial score (nSPS) is 12.2. The molecule has 0 amide bonds. The number of benzene rings is 10. The van der Waals surface area contributed by atoms with Crippen LogP contribution in [0.1, 0.15) is 0 Å². The van der Waals surface area contributed by atoms with Crippen LogP contribution < -0.4 is 0 Å². The molecule has 0 N–H and O–H groups in total. The van der Waals surface area contributed by atoms with Gasteiger partial charge in [-0.15, -0.1) is 0 Å². The molecule has 306 valence electrons. The van der Waals surface area contributed by atoms with Crippen LogP contribution in [0.25, 0.3) is 149 Å². The Labute approximate surface area is 374 Å². The van der Waals surface area contributed by atoms with Crippen molar-refractivity contribution in [2.45, 2.75) is 0 Å². The highest BCUT2D eigenvalue weighted by atomic mass is 16.3. The van der Waals surface area contributed by atoms with Crippen LogP contribution in [-0.2, 0) is 0 Å². The third-order valence-corrected chi connectivity index (χ3v) is 13.4. The molecule has 15 aromatic rings. The van der Waals surface area contributed by atoms with Crippen molar-refractivity contribution in [2.75, 3.05) is 0 Å². The van der Waals surface area contributed by atoms with Gasteiger partial charge in [0.2, 0.25) is 5.95 Å². The Bertz CT molecular complexity index is 4420. The average Bonchev–Trinajstić information content (AvgIpc) is 4.14. The molecular weight excluding hydrogens is 813 g/mol. The zero-order valence-electron chi connectivity index (χ0n) is 35.0. The number of furan rings is 3. The van der Waals surface area contributed by atoms with Crippen LogP contribution in [0.3, 0.4) is 0 Å². The molecule has 7 nitrogen and oxygen atoms in total. The predicted octanol–water partition coefficient (Wildman–Crippen LogP) is 16.0. The molecule has 0 aliphatic rings. The van der Waals surface area contributed by atoms with Gasteiger partial charge in [-0.3, -0.25) is 4.57 Å². The topological polar surface area (TPSA) is 83.0 Å². The van der Waals surface area contributed by atoms with Gasteiger partial charge in [-0.25, -0.2) is 4.98 Å². The van der Waals surface area contributed by atoms with Gasteiger partial charge in [0, 0.05) is 65.2 Å². The van der Waals surface area contributed by atoms with E-state index in [1.54, 1.807) is 0 Å². The first-order valence-corrected chi connectivity index (χ1v) is 22.1. The molecule has 0 aliphatic heterocycles. The Hall–Kier alpha value is -9.07. The molecule has 0 radical (unpaired) electrons. The van der Waals surface area contributed by atoms with Crippen molar-refractivity contribution in [2.24, 2.45) is 0 Å². The SMILES string of the molecule is c1ccc2c(c1)oc1cc(-c3nc(-c4ccc5c(c4)oc4ccccc45)nc(-n4c5c(-c6ccc7c(c6)oc6ccccc67)cccc5c5c6ccccc6c6ccccc6c54)n3)ccc12. The summed E-state index contributed by atoms with van der Waals surface area (Å²) in [6.45, 7) is 0. The van der Waals surface area contributed by atoms with Crippen LogP contribution in [-0.4, -0.2) is 19.5 Å². The van der Waals surface area contributed by atoms with Crippen LogP contribution in [0.15, 0.2) is 207 Å². The lowest BCUT2D eigenvalue weighted by Crippen LogP contribution is -2.07. The third kappa shape index (κ3) is 4.99. The van der Waals surface area contributed by atoms with Crippen LogP contribution >= 0.6 is 0 Å². The molecule has 0 saturated carbocycles. The summed E-state index contributed by atoms with van der Waals surface area (Å²) >= 11 is 0. The van der Waals surface area contributed by atoms with Crippen LogP contribution in [0.5, 0.6) is 0 Å². The van der Waals surface area contributed by atoms with E-state index in [2.05, 4.69) is 138 Å². The fraction of sp³-hybridized carbons (Fsp3) is 0. The standard InChI is InChI=1S/C59H32N4O3/c1-3-17-45-37(12-1)38-13-2-4-18-46(38)56-54(45)47-20-11-19-36(33-24-27-42-39-14-5-8-21-48(39)64-51(42)30-33)55(47)63(56)59-61-57(34-25-28-43-40-15-6-9-22-49(40)65-52(43)31-34)60-58(62-59)35-26-29-44-41-16-7-10-23-50(41)66-53(44)32-35/h1-32H. The first kappa shape index (κ1) is 35.4. The molecule has 0 atom stereocenters. The van der Waals surface area contributed by atoms with E-state index in [-0.39, 0.29) is 0 Å². The van der Waals surface area contributed by atoms with Crippen molar-refractivity contribution < 1.29 is 13.3 Å². The summed E-state index contributed by atoms with van der Waals surface area (Å²) in [6, 6.07) is 67.4. The molecule has 5 aromatic heterocycles. The van der Waals surface area contributed by atoms with E-state index in [4.69, 9.17) is 28.2 Å². The summed E-state index contributed by atoms with van der Waals surface area (Å²) in [7, 11) is 0. The second-order valence-electron chi connectivity index (χ2n) is 17.1. The first-order chi connectivity index (χ1) is 32.7. The molecule has 66 heavy (non-hydrogen) atoms. The molecule has 0 fully saturated rings. The minimum atomic E-state index is 0.488. The molecule has 0 aliphatic carbocycles. The number of hydrogen-bond donors (Lipinski definition) is 0. The van der Waals surface area contributed by atoms with Crippen molar-refractivity contribution in [3.63, 3.8) is 0 Å². The third-order valence-electron chi connectivity index (χ3n) is 13.4. The number of hydrogen-bond acceptors (Lipinski definition) is 6. The fourth-order valence-electron chi connectivity index (χ4n) is 10.5. The lowest BCUT2D eigenvalue weighted by molar-refractivity contribution is 0.668. The quantitative estimate of drug-likeness (QED) is 0.164. The van der Waals surface area contributed by atoms with Crippen LogP contribution in [0.2, 0.25) is 0 Å². The van der Waals surface area contributed by atoms with Gasteiger partial charge >= 0.3 is 0 Å². The average molecular weight is 845 g/mol. The van der Waals surface area contributed by atoms with E-state index in [9.17, 15) is 0 Å². The summed E-state index contributed by atoms with van der Waals surface area (Å²) in [5, 5.41) is 13.2. The maximum absolute atomic E-state index is 6.49. The molecule has 7 heteroatoms. The van der Waals surface area contributed by atoms with Crippen LogP contribution in [0.4, 0.5) is 0 Å². The summed E-state index contributed by atoms with van der Waals surface area (Å²) in [4.78, 5) is 16.3. The molecule has 0 unspecified atom stereocenters. The highest BCUT2D eigenvalue weighted by Crippen LogP contribution is 2.46. The van der Waals surface area contributed by atoms with Crippen molar-refractivity contribution in [1.82, 2.24) is 19.5 Å². The number of nitrogens with zero attached hydrogens (tertiary/aromatic N) is 4. The molecule has 0 bridgehead atoms. The predicted molar refractivity (Wildman–Crippen MR) is 267 cm³/mol. The van der Waals surface area contributed by atoms with Gasteiger partial charge in [-0.1, -0.05) is 140 Å². The van der Waals surface area contributed by atoms with Gasteiger partial charge in [-0.05, 0) is 76.3 Å². The van der Waals surface area contributed by atoms with Crippen molar-refractivity contribution in [3.05, 3.63) is 194 Å². The zero-order chi connectivity index (χ0) is 43.0. The number of para-hydroxylation sites is 4. The first-order valence-electron chi connectivity index (χ1n) is 22.1. The molecule has 5 heterocycles. The largest absolute Gasteiger partial charge is 0.456 e. The summed E-state index contributed by atoms with van der Waals surface area (Å²) in [5.74, 6) is 1.52. The van der Waals surface area contributed by atoms with E-state index < -0.39 is 0 Å². The van der Waals surface area contributed by atoms with Gasteiger partial charge in [0.05, 0.1) is 11.0 Å². The van der Waals surface area contributed by atoms with Gasteiger partial charge in [0.25, 0.3) is 0 Å². The van der Waals surface area contributed by atoms with E-state index in [0.29, 0.717) is 17.6 Å². The van der Waals surface area contributed by atoms with Gasteiger partial charge in [0.1, 0.15) is 33.5 Å². The second kappa shape index (κ2) is 13.2. The lowest BCUT2D eigenvalue weighted by Gasteiger charge is -2.14. The van der Waals surface area contributed by atoms with Gasteiger partial charge in [0.15, 0.2) is 11.6 Å². The van der Waals surface area contributed by atoms with Crippen molar-refractivity contribution in [1.29, 1.82) is 0 Å². The molecule has 0 spiro atoms. The second-order valence-corrected chi connectivity index (χ2v) is 17.1. The van der Waals surface area contributed by atoms with Gasteiger partial charge < -0.3 is 13.3 Å². The van der Waals surface area contributed by atoms with Gasteiger partial charge in [-0.2, -0.15) is 9.97 Å². The van der Waals surface area contributed by atoms with E-state index in [0.717, 1.165) is 126 Å². The van der Waals surface area contributed by atoms with E-state index >= 15 is 0 Å². The molecule has 0 saturated heterocycles. The maximum atomic E-state index is 6.49. The minimum Gasteiger partial charge on any atom is -0.456 e. The smallest absolute Gasteiger partial charge is 0.238 e. The number of fused-ring (bicyclic) bond motifs is 17. The highest BCUT2D eigenvalue weighted by Gasteiger charge is 2.25. The highest BCUT2D eigenvalue weighted by molar-refractivity contribution is 6.33. The zero-order valence-corrected chi connectivity index (χ0v) is 35.0. The Morgan fingerprint density at radius 1 is 0.288 bits per heavy atom. The summed E-state index contributed by atoms with van der Waals surface area (Å²) in [5.41, 5.74) is 10.5. The van der Waals surface area contributed by atoms with Crippen LogP contribution in [0, 0.1) is 0 Å². The van der Waals surface area contributed by atoms with E-state index in [1.807, 2.05) is 60.7 Å². The molecule has 15 rings (SSSR count). The minimum absolute atomic E-state index is 0.488. The lowest BCUT2D eigenvalue weighted by atomic mass is 9.96. The van der Waals surface area contributed by atoms with E-state index in [1.165, 1.54) is 5.39 Å². The van der Waals surface area contributed by atoms with Crippen molar-refractivity contribution >= 4 is 109 Å². The monoisotopic (exact) mass is 844 g/mol. The number of aromatic nitrogens is 4. The Morgan fingerprint density at radius 2 is 0.697 bits per heavy atom. The molecule has 10 aromatic carbocycles. The Kier molecular flexibility index (Phi) is 7.10. The molecular formula is C59H32N4O3. The maximum Gasteiger partial charge on any atom is 0.238 e.